The number of ether oxygens (including phenoxy) is 1. The van der Waals surface area contributed by atoms with E-state index in [0.29, 0.717) is 19.3 Å². The summed E-state index contributed by atoms with van der Waals surface area (Å²) >= 11 is 0. The minimum absolute atomic E-state index is 0.486. The van der Waals surface area contributed by atoms with Gasteiger partial charge in [0.1, 0.15) is 11.8 Å². The van der Waals surface area contributed by atoms with Gasteiger partial charge in [0.05, 0.1) is 24.9 Å². The number of fused-ring (bicyclic) bond motifs is 1. The van der Waals surface area contributed by atoms with Crippen molar-refractivity contribution in [2.45, 2.75) is 32.1 Å². The molecule has 2 heterocycles. The first kappa shape index (κ1) is 7.10. The number of hydrogen-bond donors (Lipinski definition) is 0. The normalized spacial score (nSPS) is 19.9. The molecule has 1 fully saturated rings. The van der Waals surface area contributed by atoms with E-state index in [1.54, 1.807) is 0 Å². The first-order chi connectivity index (χ1) is 6.40. The van der Waals surface area contributed by atoms with Crippen LogP contribution in [0.3, 0.4) is 0 Å². The van der Waals surface area contributed by atoms with Gasteiger partial charge in [-0.15, -0.1) is 0 Å². The second-order valence-electron chi connectivity index (χ2n) is 3.55. The maximum atomic E-state index is 8.98. The van der Waals surface area contributed by atoms with Gasteiger partial charge in [-0.1, -0.05) is 0 Å². The summed E-state index contributed by atoms with van der Waals surface area (Å²) < 4.78 is 7.11. The second-order valence-corrected chi connectivity index (χ2v) is 3.55. The van der Waals surface area contributed by atoms with E-state index in [9.17, 15) is 0 Å². The first-order valence-corrected chi connectivity index (χ1v) is 4.48. The highest BCUT2D eigenvalue weighted by atomic mass is 16.5. The van der Waals surface area contributed by atoms with Crippen LogP contribution in [0.25, 0.3) is 0 Å². The van der Waals surface area contributed by atoms with Gasteiger partial charge in [0.2, 0.25) is 0 Å². The molecule has 1 saturated carbocycles. The molecule has 0 unspecified atom stereocenters. The Hall–Kier alpha value is -1.34. The Balaban J connectivity index is 2.15. The maximum absolute atomic E-state index is 8.98. The van der Waals surface area contributed by atoms with Gasteiger partial charge in [0.25, 0.3) is 0 Å². The molecule has 0 bridgehead atoms. The minimum atomic E-state index is 0.486. The molecule has 0 radical (unpaired) electrons. The molecule has 0 aromatic carbocycles. The van der Waals surface area contributed by atoms with Crippen molar-refractivity contribution in [3.8, 4) is 6.07 Å². The SMILES string of the molecule is N#Cc1c2c(nn1C1CC1)COC2. The van der Waals surface area contributed by atoms with Crippen molar-refractivity contribution in [3.63, 3.8) is 0 Å². The summed E-state index contributed by atoms with van der Waals surface area (Å²) in [6.45, 7) is 1.13. The Morgan fingerprint density at radius 3 is 3.00 bits per heavy atom. The molecule has 4 heteroatoms. The van der Waals surface area contributed by atoms with Gasteiger partial charge >= 0.3 is 0 Å². The molecular formula is C9H9N3O. The highest BCUT2D eigenvalue weighted by Crippen LogP contribution is 2.37. The maximum Gasteiger partial charge on any atom is 0.144 e. The quantitative estimate of drug-likeness (QED) is 0.642. The lowest BCUT2D eigenvalue weighted by atomic mass is 10.2. The van der Waals surface area contributed by atoms with E-state index in [0.717, 1.165) is 29.8 Å². The van der Waals surface area contributed by atoms with Gasteiger partial charge in [0.15, 0.2) is 0 Å². The van der Waals surface area contributed by atoms with E-state index in [1.807, 2.05) is 4.68 Å². The Labute approximate surface area is 75.7 Å². The zero-order valence-corrected chi connectivity index (χ0v) is 7.16. The molecule has 1 aliphatic carbocycles. The highest BCUT2D eigenvalue weighted by Gasteiger charge is 2.31. The van der Waals surface area contributed by atoms with Crippen molar-refractivity contribution < 1.29 is 4.74 Å². The van der Waals surface area contributed by atoms with Crippen molar-refractivity contribution in [3.05, 3.63) is 17.0 Å². The summed E-state index contributed by atoms with van der Waals surface area (Å²) in [5.74, 6) is 0. The molecule has 66 valence electrons. The van der Waals surface area contributed by atoms with E-state index in [1.165, 1.54) is 0 Å². The minimum Gasteiger partial charge on any atom is -0.370 e. The molecule has 0 saturated heterocycles. The topological polar surface area (TPSA) is 50.8 Å². The summed E-state index contributed by atoms with van der Waals surface area (Å²) in [5, 5.41) is 13.4. The molecule has 1 aliphatic heterocycles. The molecule has 2 aliphatic rings. The smallest absolute Gasteiger partial charge is 0.144 e. The van der Waals surface area contributed by atoms with E-state index in [2.05, 4.69) is 11.2 Å². The largest absolute Gasteiger partial charge is 0.370 e. The Morgan fingerprint density at radius 1 is 1.46 bits per heavy atom. The lowest BCUT2D eigenvalue weighted by Crippen LogP contribution is -2.01. The average molecular weight is 175 g/mol. The van der Waals surface area contributed by atoms with Crippen molar-refractivity contribution in [2.75, 3.05) is 0 Å². The van der Waals surface area contributed by atoms with E-state index in [-0.39, 0.29) is 0 Å². The van der Waals surface area contributed by atoms with Crippen LogP contribution in [0.1, 0.15) is 35.8 Å². The van der Waals surface area contributed by atoms with Crippen molar-refractivity contribution in [1.82, 2.24) is 9.78 Å². The second kappa shape index (κ2) is 2.33. The van der Waals surface area contributed by atoms with Gasteiger partial charge in [-0.25, -0.2) is 0 Å². The fourth-order valence-electron chi connectivity index (χ4n) is 1.73. The number of aromatic nitrogens is 2. The van der Waals surface area contributed by atoms with E-state index < -0.39 is 0 Å². The van der Waals surface area contributed by atoms with Crippen LogP contribution >= 0.6 is 0 Å². The van der Waals surface area contributed by atoms with Crippen LogP contribution in [0.4, 0.5) is 0 Å². The van der Waals surface area contributed by atoms with Crippen molar-refractivity contribution >= 4 is 0 Å². The predicted molar refractivity (Wildman–Crippen MR) is 43.7 cm³/mol. The Morgan fingerprint density at radius 2 is 2.31 bits per heavy atom. The fraction of sp³-hybridized carbons (Fsp3) is 0.556. The predicted octanol–water partition coefficient (Wildman–Crippen LogP) is 1.12. The zero-order valence-electron chi connectivity index (χ0n) is 7.16. The summed E-state index contributed by atoms with van der Waals surface area (Å²) in [7, 11) is 0. The van der Waals surface area contributed by atoms with Gasteiger partial charge in [0, 0.05) is 5.56 Å². The standard InChI is InChI=1S/C9H9N3O/c10-3-9-7-4-13-5-8(7)11-12(9)6-1-2-6/h6H,1-2,4-5H2. The average Bonchev–Trinajstić information content (AvgIpc) is 2.76. The van der Waals surface area contributed by atoms with Gasteiger partial charge < -0.3 is 4.74 Å². The fourth-order valence-corrected chi connectivity index (χ4v) is 1.73. The summed E-state index contributed by atoms with van der Waals surface area (Å²) in [5.41, 5.74) is 2.69. The third kappa shape index (κ3) is 0.909. The third-order valence-corrected chi connectivity index (χ3v) is 2.58. The molecule has 1 aromatic rings. The Bertz CT molecular complexity index is 398. The van der Waals surface area contributed by atoms with Crippen LogP contribution < -0.4 is 0 Å². The van der Waals surface area contributed by atoms with Crippen molar-refractivity contribution in [2.24, 2.45) is 0 Å². The summed E-state index contributed by atoms with van der Waals surface area (Å²) in [4.78, 5) is 0. The van der Waals surface area contributed by atoms with Gasteiger partial charge in [-0.05, 0) is 12.8 Å². The highest BCUT2D eigenvalue weighted by molar-refractivity contribution is 5.37. The van der Waals surface area contributed by atoms with Crippen LogP contribution in [0, 0.1) is 11.3 Å². The first-order valence-electron chi connectivity index (χ1n) is 4.48. The van der Waals surface area contributed by atoms with Crippen LogP contribution in [-0.2, 0) is 18.0 Å². The number of nitrogens with zero attached hydrogens (tertiary/aromatic N) is 3. The van der Waals surface area contributed by atoms with Crippen molar-refractivity contribution in [1.29, 1.82) is 5.26 Å². The molecule has 0 amide bonds. The molecular weight excluding hydrogens is 166 g/mol. The molecule has 0 atom stereocenters. The Kier molecular flexibility index (Phi) is 1.27. The van der Waals surface area contributed by atoms with Crippen LogP contribution in [-0.4, -0.2) is 9.78 Å². The van der Waals surface area contributed by atoms with Crippen LogP contribution in [0.2, 0.25) is 0 Å². The molecule has 0 spiro atoms. The van der Waals surface area contributed by atoms with E-state index >= 15 is 0 Å². The molecule has 1 aromatic heterocycles. The van der Waals surface area contributed by atoms with E-state index in [4.69, 9.17) is 10.00 Å². The third-order valence-electron chi connectivity index (χ3n) is 2.58. The van der Waals surface area contributed by atoms with Crippen LogP contribution in [0.5, 0.6) is 0 Å². The lowest BCUT2D eigenvalue weighted by Gasteiger charge is -1.99. The number of hydrogen-bond acceptors (Lipinski definition) is 3. The molecule has 4 nitrogen and oxygen atoms in total. The molecule has 0 N–H and O–H groups in total. The summed E-state index contributed by atoms with van der Waals surface area (Å²) in [6.07, 6.45) is 2.33. The number of rotatable bonds is 1. The van der Waals surface area contributed by atoms with Crippen LogP contribution in [0.15, 0.2) is 0 Å². The molecule has 3 rings (SSSR count). The number of nitriles is 1. The summed E-state index contributed by atoms with van der Waals surface area (Å²) in [6, 6.07) is 2.70. The molecule has 13 heavy (non-hydrogen) atoms. The zero-order chi connectivity index (χ0) is 8.84. The lowest BCUT2D eigenvalue weighted by molar-refractivity contribution is 0.130. The van der Waals surface area contributed by atoms with Gasteiger partial charge in [-0.2, -0.15) is 10.4 Å². The monoisotopic (exact) mass is 175 g/mol. The van der Waals surface area contributed by atoms with Gasteiger partial charge in [-0.3, -0.25) is 4.68 Å².